The number of carbonyl (C=O) groups excluding carboxylic acids is 2. The highest BCUT2D eigenvalue weighted by molar-refractivity contribution is 5.90. The molecule has 2 heterocycles. The number of ether oxygens (including phenoxy) is 1. The summed E-state index contributed by atoms with van der Waals surface area (Å²) in [6, 6.07) is 6.21. The maximum atomic E-state index is 14.9. The predicted octanol–water partition coefficient (Wildman–Crippen LogP) is 3.24. The number of alkyl halides is 2. The van der Waals surface area contributed by atoms with E-state index in [1.807, 2.05) is 23.3 Å². The van der Waals surface area contributed by atoms with E-state index in [-0.39, 0.29) is 24.5 Å². The van der Waals surface area contributed by atoms with Crippen LogP contribution in [0.5, 0.6) is 0 Å². The third-order valence-electron chi connectivity index (χ3n) is 5.52. The minimum Gasteiger partial charge on any atom is -0.442 e. The minimum atomic E-state index is -3.23. The number of hydrogen-bond donors (Lipinski definition) is 2. The normalized spacial score (nSPS) is 16.9. The molecule has 12 heteroatoms. The van der Waals surface area contributed by atoms with Gasteiger partial charge < -0.3 is 20.3 Å². The first-order chi connectivity index (χ1) is 16.6. The summed E-state index contributed by atoms with van der Waals surface area (Å²) in [7, 11) is 1.85. The fourth-order valence-electron chi connectivity index (χ4n) is 3.75. The van der Waals surface area contributed by atoms with Gasteiger partial charge in [0.2, 0.25) is 5.43 Å². The fraction of sp³-hybridized carbons (Fsp3) is 0.261. The van der Waals surface area contributed by atoms with E-state index in [0.29, 0.717) is 12.1 Å². The van der Waals surface area contributed by atoms with Gasteiger partial charge in [0.15, 0.2) is 11.6 Å². The summed E-state index contributed by atoms with van der Waals surface area (Å²) in [5.74, 6) is -3.67. The van der Waals surface area contributed by atoms with Crippen LogP contribution in [0.2, 0.25) is 0 Å². The van der Waals surface area contributed by atoms with Crippen molar-refractivity contribution in [2.24, 2.45) is 0 Å². The molecule has 2 aromatic rings. The zero-order chi connectivity index (χ0) is 25.3. The Labute approximate surface area is 196 Å². The van der Waals surface area contributed by atoms with Gasteiger partial charge in [0, 0.05) is 37.0 Å². The number of likely N-dealkylation sites (N-methyl/N-ethyl adjacent to an activating group) is 1. The Bertz CT molecular complexity index is 1250. The average Bonchev–Trinajstić information content (AvgIpc) is 3.09. The monoisotopic (exact) mass is 492 g/mol. The molecule has 0 aromatic heterocycles. The van der Waals surface area contributed by atoms with E-state index in [1.54, 1.807) is 12.1 Å². The van der Waals surface area contributed by atoms with Gasteiger partial charge in [0.1, 0.15) is 11.8 Å². The molecule has 2 amide bonds. The molecule has 184 valence electrons. The van der Waals surface area contributed by atoms with Crippen LogP contribution in [0, 0.1) is 11.6 Å². The largest absolute Gasteiger partial charge is 0.442 e. The number of nitrogens with one attached hydrogen (secondary N) is 2. The highest BCUT2D eigenvalue weighted by Crippen LogP contribution is 2.31. The summed E-state index contributed by atoms with van der Waals surface area (Å²) >= 11 is 0. The lowest BCUT2D eigenvalue weighted by atomic mass is 10.1. The zero-order valence-corrected chi connectivity index (χ0v) is 18.4. The number of anilines is 4. The van der Waals surface area contributed by atoms with Gasteiger partial charge >= 0.3 is 12.5 Å². The Hall–Kier alpha value is -4.09. The summed E-state index contributed by atoms with van der Waals surface area (Å²) in [5, 5.41) is 4.41. The van der Waals surface area contributed by atoms with E-state index in [2.05, 4.69) is 5.32 Å². The third-order valence-corrected chi connectivity index (χ3v) is 5.52. The van der Waals surface area contributed by atoms with Gasteiger partial charge in [0.25, 0.3) is 5.91 Å². The van der Waals surface area contributed by atoms with E-state index in [0.717, 1.165) is 22.7 Å². The van der Waals surface area contributed by atoms with Crippen LogP contribution < -0.4 is 25.9 Å². The van der Waals surface area contributed by atoms with Crippen molar-refractivity contribution in [2.75, 3.05) is 41.8 Å². The lowest BCUT2D eigenvalue weighted by molar-refractivity contribution is -0.132. The Morgan fingerprint density at radius 2 is 1.89 bits per heavy atom. The summed E-state index contributed by atoms with van der Waals surface area (Å²) < 4.78 is 59.3. The smallest absolute Gasteiger partial charge is 0.414 e. The molecule has 2 aliphatic rings. The molecule has 1 fully saturated rings. The summed E-state index contributed by atoms with van der Waals surface area (Å²) in [5.41, 5.74) is 0.141. The second-order valence-corrected chi connectivity index (χ2v) is 7.95. The highest BCUT2D eigenvalue weighted by Gasteiger charge is 2.34. The maximum Gasteiger partial charge on any atom is 0.414 e. The van der Waals surface area contributed by atoms with Crippen LogP contribution in [0.25, 0.3) is 6.08 Å². The van der Waals surface area contributed by atoms with E-state index in [9.17, 15) is 31.9 Å². The topological polar surface area (TPSA) is 91.0 Å². The lowest BCUT2D eigenvalue weighted by Gasteiger charge is -2.21. The average molecular weight is 492 g/mol. The molecular weight excluding hydrogens is 472 g/mol. The Balaban J connectivity index is 1.54. The highest BCUT2D eigenvalue weighted by atomic mass is 19.3. The van der Waals surface area contributed by atoms with Crippen LogP contribution in [0.1, 0.15) is 5.56 Å². The number of rotatable bonds is 6. The molecule has 2 N–H and O–H groups in total. The molecule has 0 saturated carbocycles. The number of nitrogens with zero attached hydrogens (tertiary/aromatic N) is 2. The van der Waals surface area contributed by atoms with Crippen molar-refractivity contribution in [1.82, 2.24) is 5.32 Å². The molecule has 0 spiro atoms. The van der Waals surface area contributed by atoms with Crippen LogP contribution in [0.4, 0.5) is 45.1 Å². The molecule has 0 radical (unpaired) electrons. The van der Waals surface area contributed by atoms with Gasteiger partial charge in [-0.05, 0) is 18.2 Å². The Kier molecular flexibility index (Phi) is 6.63. The van der Waals surface area contributed by atoms with Crippen molar-refractivity contribution in [3.05, 3.63) is 63.8 Å². The Morgan fingerprint density at radius 3 is 2.57 bits per heavy atom. The van der Waals surface area contributed by atoms with Gasteiger partial charge in [-0.15, -0.1) is 0 Å². The quantitative estimate of drug-likeness (QED) is 0.602. The summed E-state index contributed by atoms with van der Waals surface area (Å²) in [6.07, 6.45) is -1.50. The van der Waals surface area contributed by atoms with Gasteiger partial charge in [-0.3, -0.25) is 14.5 Å². The predicted molar refractivity (Wildman–Crippen MR) is 121 cm³/mol. The van der Waals surface area contributed by atoms with Crippen molar-refractivity contribution in [1.29, 1.82) is 0 Å². The number of benzene rings is 1. The Morgan fingerprint density at radius 1 is 1.17 bits per heavy atom. The SMILES string of the molecule is CN1CC=Cc2cc(=O)c(Nc3c(F)cc(N4C[C@H](CNC(=O)C(F)F)OC4=O)cc3F)ccc21. The van der Waals surface area contributed by atoms with E-state index < -0.39 is 47.3 Å². The van der Waals surface area contributed by atoms with Crippen LogP contribution in [0.3, 0.4) is 0 Å². The van der Waals surface area contributed by atoms with Crippen LogP contribution in [0.15, 0.2) is 41.2 Å². The standard InChI is InChI=1S/C23H20F4N4O4/c1-30-6-2-3-12-7-19(32)17(4-5-18(12)30)29-20-15(24)8-13(9-16(20)25)31-11-14(35-23(31)34)10-28-22(33)21(26)27/h2-5,7-9,14,21H,6,10-11H2,1H3,(H,28,33)(H,29,32)/t14-/m0/s1. The van der Waals surface area contributed by atoms with Gasteiger partial charge in [0.05, 0.1) is 24.5 Å². The molecular formula is C23H20F4N4O4. The van der Waals surface area contributed by atoms with Crippen molar-refractivity contribution in [3.63, 3.8) is 0 Å². The molecule has 0 aliphatic carbocycles. The van der Waals surface area contributed by atoms with Gasteiger partial charge in [-0.1, -0.05) is 12.2 Å². The van der Waals surface area contributed by atoms with Crippen LogP contribution >= 0.6 is 0 Å². The third kappa shape index (κ3) is 5.05. The molecule has 4 rings (SSSR count). The van der Waals surface area contributed by atoms with Crippen LogP contribution in [-0.4, -0.2) is 51.2 Å². The molecule has 35 heavy (non-hydrogen) atoms. The van der Waals surface area contributed by atoms with Gasteiger partial charge in [-0.2, -0.15) is 8.78 Å². The maximum absolute atomic E-state index is 14.9. The molecule has 0 unspecified atom stereocenters. The van der Waals surface area contributed by atoms with Crippen molar-refractivity contribution >= 4 is 40.8 Å². The van der Waals surface area contributed by atoms with Gasteiger partial charge in [-0.25, -0.2) is 13.6 Å². The molecule has 2 aliphatic heterocycles. The first-order valence-electron chi connectivity index (χ1n) is 10.5. The lowest BCUT2D eigenvalue weighted by Crippen LogP contribution is -2.37. The van der Waals surface area contributed by atoms with Crippen molar-refractivity contribution in [2.45, 2.75) is 12.5 Å². The first-order valence-corrected chi connectivity index (χ1v) is 10.5. The molecule has 1 atom stereocenters. The van der Waals surface area contributed by atoms with E-state index in [4.69, 9.17) is 4.74 Å². The first kappa shape index (κ1) is 24.0. The van der Waals surface area contributed by atoms with Crippen molar-refractivity contribution in [3.8, 4) is 0 Å². The number of hydrogen-bond acceptors (Lipinski definition) is 6. The van der Waals surface area contributed by atoms with Crippen LogP contribution in [-0.2, 0) is 9.53 Å². The second-order valence-electron chi connectivity index (χ2n) is 7.95. The summed E-state index contributed by atoms with van der Waals surface area (Å²) in [4.78, 5) is 38.6. The van der Waals surface area contributed by atoms with E-state index >= 15 is 0 Å². The zero-order valence-electron chi connectivity index (χ0n) is 18.4. The number of cyclic esters (lactones) is 1. The van der Waals surface area contributed by atoms with Crippen molar-refractivity contribution < 1.29 is 31.9 Å². The minimum absolute atomic E-state index is 0.0535. The number of fused-ring (bicyclic) bond motifs is 1. The molecule has 0 bridgehead atoms. The van der Waals surface area contributed by atoms with E-state index in [1.165, 1.54) is 12.1 Å². The summed E-state index contributed by atoms with van der Waals surface area (Å²) in [6.45, 7) is 0.0402. The number of halogens is 4. The molecule has 1 saturated heterocycles. The molecule has 2 aromatic carbocycles. The number of carbonyl (C=O) groups is 2. The fourth-order valence-corrected chi connectivity index (χ4v) is 3.75. The number of amides is 2. The second kappa shape index (κ2) is 9.65. The molecule has 8 nitrogen and oxygen atoms in total.